The van der Waals surface area contributed by atoms with Gasteiger partial charge in [-0.3, -0.25) is 4.79 Å². The normalized spacial score (nSPS) is 11.3. The quantitative estimate of drug-likeness (QED) is 0.338. The Labute approximate surface area is 197 Å². The third-order valence-electron chi connectivity index (χ3n) is 5.34. The van der Waals surface area contributed by atoms with Gasteiger partial charge in [-0.05, 0) is 56.2 Å². The highest BCUT2D eigenvalue weighted by Gasteiger charge is 2.21. The highest BCUT2D eigenvalue weighted by atomic mass is 32.2. The number of ether oxygens (including phenoxy) is 3. The SMILES string of the molecule is COc1ccc(CCn2c(C)cc(C(=O)COC(=O)c3ccc(S(N)(=O)=O)o3)c2C)cc1OC. The molecule has 0 aliphatic rings. The summed E-state index contributed by atoms with van der Waals surface area (Å²) in [4.78, 5) is 24.8. The molecule has 0 aliphatic carbocycles. The Morgan fingerprint density at radius 1 is 1.03 bits per heavy atom. The Morgan fingerprint density at radius 3 is 2.35 bits per heavy atom. The molecular formula is C23H26N2O8S. The van der Waals surface area contributed by atoms with Gasteiger partial charge >= 0.3 is 5.97 Å². The summed E-state index contributed by atoms with van der Waals surface area (Å²) in [7, 11) is -0.927. The molecule has 0 radical (unpaired) electrons. The lowest BCUT2D eigenvalue weighted by Gasteiger charge is -2.12. The van der Waals surface area contributed by atoms with Crippen LogP contribution < -0.4 is 14.6 Å². The van der Waals surface area contributed by atoms with Crippen molar-refractivity contribution in [3.63, 3.8) is 0 Å². The average Bonchev–Trinajstić information content (AvgIpc) is 3.41. The average molecular weight is 491 g/mol. The molecule has 2 aromatic heterocycles. The molecule has 11 heteroatoms. The van der Waals surface area contributed by atoms with Gasteiger partial charge in [-0.2, -0.15) is 0 Å². The number of ketones is 1. The zero-order valence-electron chi connectivity index (χ0n) is 19.3. The first-order valence-electron chi connectivity index (χ1n) is 10.3. The Balaban J connectivity index is 1.65. The van der Waals surface area contributed by atoms with Crippen LogP contribution in [0.2, 0.25) is 0 Å². The maximum atomic E-state index is 12.7. The second-order valence-corrected chi connectivity index (χ2v) is 9.03. The molecule has 0 aliphatic heterocycles. The summed E-state index contributed by atoms with van der Waals surface area (Å²) in [6.07, 6.45) is 0.699. The van der Waals surface area contributed by atoms with Crippen LogP contribution in [0.25, 0.3) is 0 Å². The molecule has 0 atom stereocenters. The van der Waals surface area contributed by atoms with E-state index >= 15 is 0 Å². The number of esters is 1. The molecule has 0 unspecified atom stereocenters. The molecule has 0 amide bonds. The molecule has 0 spiro atoms. The van der Waals surface area contributed by atoms with E-state index in [9.17, 15) is 18.0 Å². The van der Waals surface area contributed by atoms with Crippen molar-refractivity contribution in [2.75, 3.05) is 20.8 Å². The fourth-order valence-electron chi connectivity index (χ4n) is 3.57. The van der Waals surface area contributed by atoms with Gasteiger partial charge in [0.05, 0.1) is 14.2 Å². The third-order valence-corrected chi connectivity index (χ3v) is 6.12. The van der Waals surface area contributed by atoms with Crippen molar-refractivity contribution in [3.8, 4) is 11.5 Å². The Morgan fingerprint density at radius 2 is 1.74 bits per heavy atom. The lowest BCUT2D eigenvalue weighted by atomic mass is 10.1. The number of carbonyl (C=O) groups excluding carboxylic acids is 2. The van der Waals surface area contributed by atoms with Crippen LogP contribution in [0.15, 0.2) is 45.9 Å². The number of primary sulfonamides is 1. The first-order valence-corrected chi connectivity index (χ1v) is 11.8. The second kappa shape index (κ2) is 10.1. The first-order chi connectivity index (χ1) is 16.0. The molecule has 3 rings (SSSR count). The van der Waals surface area contributed by atoms with Crippen LogP contribution in [0.3, 0.4) is 0 Å². The van der Waals surface area contributed by atoms with Crippen LogP contribution in [-0.4, -0.2) is 45.6 Å². The Kier molecular flexibility index (Phi) is 7.48. The molecule has 182 valence electrons. The number of sulfonamides is 1. The van der Waals surface area contributed by atoms with Crippen LogP contribution >= 0.6 is 0 Å². The van der Waals surface area contributed by atoms with Crippen molar-refractivity contribution >= 4 is 21.8 Å². The molecule has 0 bridgehead atoms. The minimum Gasteiger partial charge on any atom is -0.493 e. The molecule has 10 nitrogen and oxygen atoms in total. The number of rotatable bonds is 10. The topological polar surface area (TPSA) is 140 Å². The fourth-order valence-corrected chi connectivity index (χ4v) is 4.03. The number of aromatic nitrogens is 1. The highest BCUT2D eigenvalue weighted by molar-refractivity contribution is 7.89. The number of hydrogen-bond donors (Lipinski definition) is 1. The van der Waals surface area contributed by atoms with Crippen molar-refractivity contribution in [2.45, 2.75) is 31.9 Å². The van der Waals surface area contributed by atoms with E-state index in [1.54, 1.807) is 20.3 Å². The van der Waals surface area contributed by atoms with Crippen LogP contribution in [0.5, 0.6) is 11.5 Å². The monoisotopic (exact) mass is 490 g/mol. The molecule has 2 heterocycles. The van der Waals surface area contributed by atoms with Crippen molar-refractivity contribution in [1.29, 1.82) is 0 Å². The van der Waals surface area contributed by atoms with E-state index in [0.29, 0.717) is 30.0 Å². The molecular weight excluding hydrogens is 464 g/mol. The van der Waals surface area contributed by atoms with Gasteiger partial charge in [0.1, 0.15) is 0 Å². The summed E-state index contributed by atoms with van der Waals surface area (Å²) in [5.74, 6) is -0.427. The summed E-state index contributed by atoms with van der Waals surface area (Å²) in [6.45, 7) is 3.82. The van der Waals surface area contributed by atoms with Crippen LogP contribution in [0.1, 0.15) is 37.9 Å². The van der Waals surface area contributed by atoms with E-state index in [0.717, 1.165) is 29.1 Å². The predicted octanol–water partition coefficient (Wildman–Crippen LogP) is 2.64. The molecule has 0 saturated carbocycles. The zero-order chi connectivity index (χ0) is 25.0. The van der Waals surface area contributed by atoms with E-state index in [2.05, 4.69) is 0 Å². The van der Waals surface area contributed by atoms with Gasteiger partial charge < -0.3 is 23.2 Å². The zero-order valence-corrected chi connectivity index (χ0v) is 20.1. The van der Waals surface area contributed by atoms with Crippen LogP contribution in [-0.2, 0) is 27.7 Å². The maximum Gasteiger partial charge on any atom is 0.374 e. The molecule has 1 aromatic carbocycles. The first kappa shape index (κ1) is 25.1. The van der Waals surface area contributed by atoms with Gasteiger partial charge in [-0.25, -0.2) is 18.4 Å². The number of furan rings is 1. The number of aryl methyl sites for hydroxylation is 2. The molecule has 3 aromatic rings. The number of Topliss-reactive ketones (excluding diaryl/α,β-unsaturated/α-hetero) is 1. The smallest absolute Gasteiger partial charge is 0.374 e. The number of methoxy groups -OCH3 is 2. The van der Waals surface area contributed by atoms with E-state index in [-0.39, 0.29) is 5.76 Å². The van der Waals surface area contributed by atoms with Gasteiger partial charge in [-0.15, -0.1) is 0 Å². The van der Waals surface area contributed by atoms with E-state index in [1.807, 2.05) is 36.6 Å². The number of hydrogen-bond acceptors (Lipinski definition) is 8. The lowest BCUT2D eigenvalue weighted by Crippen LogP contribution is -2.15. The van der Waals surface area contributed by atoms with Gasteiger partial charge in [0.25, 0.3) is 10.0 Å². The van der Waals surface area contributed by atoms with Crippen LogP contribution in [0.4, 0.5) is 0 Å². The predicted molar refractivity (Wildman–Crippen MR) is 122 cm³/mol. The molecule has 34 heavy (non-hydrogen) atoms. The lowest BCUT2D eigenvalue weighted by molar-refractivity contribution is 0.0438. The van der Waals surface area contributed by atoms with Crippen molar-refractivity contribution in [2.24, 2.45) is 5.14 Å². The van der Waals surface area contributed by atoms with Crippen molar-refractivity contribution < 1.29 is 36.6 Å². The van der Waals surface area contributed by atoms with Gasteiger partial charge in [0.2, 0.25) is 16.6 Å². The van der Waals surface area contributed by atoms with Gasteiger partial charge in [-0.1, -0.05) is 6.07 Å². The molecule has 2 N–H and O–H groups in total. The largest absolute Gasteiger partial charge is 0.493 e. The Bertz CT molecular complexity index is 1320. The van der Waals surface area contributed by atoms with Gasteiger partial charge in [0, 0.05) is 23.5 Å². The van der Waals surface area contributed by atoms with E-state index < -0.39 is 33.5 Å². The number of nitrogens with two attached hydrogens (primary N) is 1. The van der Waals surface area contributed by atoms with Crippen molar-refractivity contribution in [1.82, 2.24) is 4.57 Å². The van der Waals surface area contributed by atoms with Crippen LogP contribution in [0, 0.1) is 13.8 Å². The van der Waals surface area contributed by atoms with E-state index in [4.69, 9.17) is 23.8 Å². The van der Waals surface area contributed by atoms with E-state index in [1.165, 1.54) is 0 Å². The second-order valence-electron chi connectivity index (χ2n) is 7.54. The summed E-state index contributed by atoms with van der Waals surface area (Å²) in [6, 6.07) is 9.61. The number of nitrogens with zero attached hydrogens (tertiary/aromatic N) is 1. The van der Waals surface area contributed by atoms with Gasteiger partial charge in [0.15, 0.2) is 18.1 Å². The summed E-state index contributed by atoms with van der Waals surface area (Å²) >= 11 is 0. The third kappa shape index (κ3) is 5.49. The Hall–Kier alpha value is -3.57. The number of benzene rings is 1. The summed E-state index contributed by atoms with van der Waals surface area (Å²) in [5.41, 5.74) is 3.11. The maximum absolute atomic E-state index is 12.7. The minimum absolute atomic E-state index is 0.364. The molecule has 0 fully saturated rings. The summed E-state index contributed by atoms with van der Waals surface area (Å²) < 4.78 is 45.0. The fraction of sp³-hybridized carbons (Fsp3) is 0.304. The summed E-state index contributed by atoms with van der Waals surface area (Å²) in [5, 5.41) is 4.38. The number of carbonyl (C=O) groups is 2. The molecule has 0 saturated heterocycles. The van der Waals surface area contributed by atoms with Crippen molar-refractivity contribution in [3.05, 3.63) is 64.7 Å². The minimum atomic E-state index is -4.09. The highest BCUT2D eigenvalue weighted by Crippen LogP contribution is 2.28. The standard InChI is InChI=1S/C23H26N2O8S/c1-14-11-17(18(26)13-32-23(27)20-7-8-22(33-20)34(24,28)29)15(2)25(14)10-9-16-5-6-19(30-3)21(12-16)31-4/h5-8,11-12H,9-10,13H2,1-4H3,(H2,24,28,29).